The van der Waals surface area contributed by atoms with E-state index in [1.807, 2.05) is 44.2 Å². The van der Waals surface area contributed by atoms with Gasteiger partial charge in [-0.2, -0.15) is 0 Å². The zero-order chi connectivity index (χ0) is 22.6. The molecule has 0 saturated heterocycles. The number of halogens is 1. The number of nitrogens with zero attached hydrogens (tertiary/aromatic N) is 1. The number of rotatable bonds is 3. The average Bonchev–Trinajstić information content (AvgIpc) is 3.11. The van der Waals surface area contributed by atoms with Gasteiger partial charge in [-0.15, -0.1) is 11.3 Å². The Balaban J connectivity index is 1.77. The molecule has 2 heterocycles. The molecule has 2 aromatic heterocycles. The molecule has 3 nitrogen and oxygen atoms in total. The smallest absolute Gasteiger partial charge is 0.205 e. The zero-order valence-electron chi connectivity index (χ0n) is 18.5. The lowest BCUT2D eigenvalue weighted by Gasteiger charge is -2.20. The van der Waals surface area contributed by atoms with Crippen LogP contribution in [0.2, 0.25) is 5.02 Å². The topological polar surface area (TPSA) is 56.0 Å². The van der Waals surface area contributed by atoms with Gasteiger partial charge in [0, 0.05) is 21.7 Å². The van der Waals surface area contributed by atoms with Gasteiger partial charge in [-0.25, -0.2) is 4.98 Å². The first-order chi connectivity index (χ1) is 15.3. The quantitative estimate of drug-likeness (QED) is 0.328. The monoisotopic (exact) mass is 460 g/mol. The first-order valence-corrected chi connectivity index (χ1v) is 12.2. The van der Waals surface area contributed by atoms with Gasteiger partial charge in [0.1, 0.15) is 9.71 Å². The highest BCUT2D eigenvalue weighted by Gasteiger charge is 2.27. The van der Waals surface area contributed by atoms with Crippen molar-refractivity contribution in [3.63, 3.8) is 0 Å². The van der Waals surface area contributed by atoms with Crippen LogP contribution < -0.4 is 5.73 Å². The number of hydrogen-bond donors (Lipinski definition) is 1. The minimum Gasteiger partial charge on any atom is -0.397 e. The second-order valence-electron chi connectivity index (χ2n) is 8.73. The molecule has 0 atom stereocenters. The summed E-state index contributed by atoms with van der Waals surface area (Å²) < 4.78 is 0. The Labute approximate surface area is 197 Å². The van der Waals surface area contributed by atoms with Crippen LogP contribution in [-0.2, 0) is 12.8 Å². The summed E-state index contributed by atoms with van der Waals surface area (Å²) >= 11 is 7.58. The molecule has 5 heteroatoms. The predicted octanol–water partition coefficient (Wildman–Crippen LogP) is 7.23. The number of benzene rings is 2. The van der Waals surface area contributed by atoms with E-state index in [1.165, 1.54) is 22.5 Å². The number of anilines is 1. The number of nitrogens with two attached hydrogens (primary N) is 1. The number of carbonyl (C=O) groups excluding carboxylic acids is 1. The fourth-order valence-corrected chi connectivity index (χ4v) is 5.94. The number of fused-ring (bicyclic) bond motifs is 2. The SMILES string of the molecule is Cc1cc(C)c(C(=O)c2sc3nc4c(c(-c5ccc(Cl)cc5)c3c2N)CCCC4)cc1C. The molecule has 0 saturated carbocycles. The molecule has 1 aliphatic carbocycles. The Morgan fingerprint density at radius 3 is 2.44 bits per heavy atom. The van der Waals surface area contributed by atoms with Crippen molar-refractivity contribution in [1.29, 1.82) is 0 Å². The van der Waals surface area contributed by atoms with E-state index in [0.29, 0.717) is 21.2 Å². The third kappa shape index (κ3) is 3.42. The third-order valence-electron chi connectivity index (χ3n) is 6.58. The molecule has 0 spiro atoms. The molecule has 0 aliphatic heterocycles. The molecule has 1 aliphatic rings. The summed E-state index contributed by atoms with van der Waals surface area (Å²) in [4.78, 5) is 20.0. The highest BCUT2D eigenvalue weighted by atomic mass is 35.5. The maximum atomic E-state index is 13.6. The van der Waals surface area contributed by atoms with Gasteiger partial charge in [-0.1, -0.05) is 29.8 Å². The summed E-state index contributed by atoms with van der Waals surface area (Å²) in [5.74, 6) is -0.0221. The van der Waals surface area contributed by atoms with Crippen LogP contribution >= 0.6 is 22.9 Å². The second kappa shape index (κ2) is 8.02. The maximum Gasteiger partial charge on any atom is 0.205 e. The third-order valence-corrected chi connectivity index (χ3v) is 7.93. The van der Waals surface area contributed by atoms with E-state index in [2.05, 4.69) is 13.0 Å². The van der Waals surface area contributed by atoms with Gasteiger partial charge in [-0.05, 0) is 98.0 Å². The van der Waals surface area contributed by atoms with Gasteiger partial charge in [0.2, 0.25) is 5.78 Å². The summed E-state index contributed by atoms with van der Waals surface area (Å²) in [6, 6.07) is 11.9. The minimum absolute atomic E-state index is 0.0221. The second-order valence-corrected chi connectivity index (χ2v) is 10.2. The van der Waals surface area contributed by atoms with Crippen LogP contribution in [0.4, 0.5) is 5.69 Å². The van der Waals surface area contributed by atoms with E-state index in [-0.39, 0.29) is 5.78 Å². The number of aryl methyl sites for hydroxylation is 4. The van der Waals surface area contributed by atoms with Crippen molar-refractivity contribution in [2.24, 2.45) is 0 Å². The molecule has 2 N–H and O–H groups in total. The van der Waals surface area contributed by atoms with Crippen LogP contribution in [0, 0.1) is 20.8 Å². The fraction of sp³-hybridized carbons (Fsp3) is 0.259. The average molecular weight is 461 g/mol. The molecule has 32 heavy (non-hydrogen) atoms. The Hall–Kier alpha value is -2.69. The number of pyridine rings is 1. The van der Waals surface area contributed by atoms with Crippen LogP contribution in [0.25, 0.3) is 21.3 Å². The minimum atomic E-state index is -0.0221. The molecular weight excluding hydrogens is 436 g/mol. The van der Waals surface area contributed by atoms with Crippen molar-refractivity contribution in [3.8, 4) is 11.1 Å². The first-order valence-electron chi connectivity index (χ1n) is 11.0. The standard InChI is InChI=1S/C27H25ClN2OS/c1-14-12-16(3)20(13-15(14)2)25(31)26-24(29)23-22(17-8-10-18(28)11-9-17)19-6-4-5-7-21(19)30-27(23)32-26/h8-13H,4-7,29H2,1-3H3. The summed E-state index contributed by atoms with van der Waals surface area (Å²) in [5.41, 5.74) is 15.8. The van der Waals surface area contributed by atoms with E-state index >= 15 is 0 Å². The summed E-state index contributed by atoms with van der Waals surface area (Å²) in [7, 11) is 0. The normalized spacial score (nSPS) is 13.4. The number of thiophene rings is 1. The Morgan fingerprint density at radius 1 is 1.00 bits per heavy atom. The van der Waals surface area contributed by atoms with Gasteiger partial charge in [-0.3, -0.25) is 4.79 Å². The number of ketones is 1. The molecule has 162 valence electrons. The van der Waals surface area contributed by atoms with Crippen molar-refractivity contribution in [1.82, 2.24) is 4.98 Å². The van der Waals surface area contributed by atoms with Crippen molar-refractivity contribution in [2.75, 3.05) is 5.73 Å². The molecule has 4 aromatic rings. The number of hydrogen-bond acceptors (Lipinski definition) is 4. The molecule has 2 aromatic carbocycles. The van der Waals surface area contributed by atoms with Gasteiger partial charge in [0.25, 0.3) is 0 Å². The molecule has 0 radical (unpaired) electrons. The van der Waals surface area contributed by atoms with Crippen molar-refractivity contribution in [3.05, 3.63) is 79.8 Å². The Morgan fingerprint density at radius 2 is 1.69 bits per heavy atom. The summed E-state index contributed by atoms with van der Waals surface area (Å²) in [5, 5.41) is 1.61. The number of nitrogen functional groups attached to an aromatic ring is 1. The zero-order valence-corrected chi connectivity index (χ0v) is 20.1. The van der Waals surface area contributed by atoms with Crippen LogP contribution in [0.5, 0.6) is 0 Å². The lowest BCUT2D eigenvalue weighted by molar-refractivity contribution is 0.104. The Kier molecular flexibility index (Phi) is 5.31. The van der Waals surface area contributed by atoms with E-state index in [0.717, 1.165) is 63.8 Å². The van der Waals surface area contributed by atoms with Crippen LogP contribution in [0.3, 0.4) is 0 Å². The lowest BCUT2D eigenvalue weighted by Crippen LogP contribution is -2.08. The summed E-state index contributed by atoms with van der Waals surface area (Å²) in [6.45, 7) is 6.09. The van der Waals surface area contributed by atoms with Gasteiger partial charge < -0.3 is 5.73 Å². The van der Waals surface area contributed by atoms with Gasteiger partial charge >= 0.3 is 0 Å². The lowest BCUT2D eigenvalue weighted by atomic mass is 9.87. The van der Waals surface area contributed by atoms with Crippen LogP contribution in [-0.4, -0.2) is 10.8 Å². The molecule has 0 fully saturated rings. The molecular formula is C27H25ClN2OS. The first kappa shape index (κ1) is 21.2. The van der Waals surface area contributed by atoms with Crippen LogP contribution in [0.1, 0.15) is 56.0 Å². The molecule has 0 unspecified atom stereocenters. The fourth-order valence-electron chi connectivity index (χ4n) is 4.74. The predicted molar refractivity (Wildman–Crippen MR) is 135 cm³/mol. The number of carbonyl (C=O) groups is 1. The van der Waals surface area contributed by atoms with Crippen molar-refractivity contribution < 1.29 is 4.79 Å². The van der Waals surface area contributed by atoms with Crippen molar-refractivity contribution >= 4 is 44.6 Å². The van der Waals surface area contributed by atoms with Gasteiger partial charge in [0.15, 0.2) is 0 Å². The van der Waals surface area contributed by atoms with E-state index < -0.39 is 0 Å². The molecule has 0 amide bonds. The van der Waals surface area contributed by atoms with E-state index in [9.17, 15) is 4.79 Å². The highest BCUT2D eigenvalue weighted by Crippen LogP contribution is 2.44. The Bertz CT molecular complexity index is 1390. The van der Waals surface area contributed by atoms with Crippen LogP contribution in [0.15, 0.2) is 36.4 Å². The summed E-state index contributed by atoms with van der Waals surface area (Å²) in [6.07, 6.45) is 4.22. The maximum absolute atomic E-state index is 13.6. The molecule has 0 bridgehead atoms. The van der Waals surface area contributed by atoms with Crippen molar-refractivity contribution in [2.45, 2.75) is 46.5 Å². The van der Waals surface area contributed by atoms with Gasteiger partial charge in [0.05, 0.1) is 5.69 Å². The molecule has 5 rings (SSSR count). The van der Waals surface area contributed by atoms with E-state index in [4.69, 9.17) is 22.3 Å². The highest BCUT2D eigenvalue weighted by molar-refractivity contribution is 7.21. The van der Waals surface area contributed by atoms with E-state index in [1.54, 1.807) is 0 Å². The number of aromatic nitrogens is 1. The largest absolute Gasteiger partial charge is 0.397 e.